The number of amides is 3. The molecule has 0 aliphatic carbocycles. The number of anilines is 1. The molecule has 0 saturated carbocycles. The van der Waals surface area contributed by atoms with Crippen molar-refractivity contribution in [2.45, 2.75) is 26.2 Å². The van der Waals surface area contributed by atoms with Gasteiger partial charge in [0, 0.05) is 44.3 Å². The van der Waals surface area contributed by atoms with Gasteiger partial charge in [-0.1, -0.05) is 6.92 Å². The zero-order chi connectivity index (χ0) is 22.8. The predicted octanol–water partition coefficient (Wildman–Crippen LogP) is 1.91. The van der Waals surface area contributed by atoms with Crippen LogP contribution < -0.4 is 10.6 Å². The summed E-state index contributed by atoms with van der Waals surface area (Å²) in [4.78, 5) is 49.7. The Balaban J connectivity index is 1.70. The van der Waals surface area contributed by atoms with Crippen molar-refractivity contribution in [1.29, 1.82) is 0 Å². The Morgan fingerprint density at radius 2 is 1.91 bits per heavy atom. The minimum atomic E-state index is -0.376. The lowest BCUT2D eigenvalue weighted by atomic mass is 9.97. The molecular formula is C23H26N6O3. The predicted molar refractivity (Wildman–Crippen MR) is 119 cm³/mol. The molecule has 1 aliphatic rings. The van der Waals surface area contributed by atoms with Crippen molar-refractivity contribution in [3.63, 3.8) is 0 Å². The molecule has 2 N–H and O–H groups in total. The maximum absolute atomic E-state index is 13.2. The number of pyridine rings is 2. The molecule has 0 aromatic carbocycles. The number of nitrogens with zero attached hydrogens (tertiary/aromatic N) is 5. The van der Waals surface area contributed by atoms with Crippen molar-refractivity contribution in [2.75, 3.05) is 25.0 Å². The van der Waals surface area contributed by atoms with Gasteiger partial charge in [0.2, 0.25) is 5.91 Å². The van der Waals surface area contributed by atoms with Gasteiger partial charge in [0.05, 0.1) is 17.2 Å². The third-order valence-electron chi connectivity index (χ3n) is 5.91. The first-order chi connectivity index (χ1) is 15.4. The minimum Gasteiger partial charge on any atom is -0.369 e. The fourth-order valence-corrected chi connectivity index (χ4v) is 4.16. The number of hydrogen-bond donors (Lipinski definition) is 1. The summed E-state index contributed by atoms with van der Waals surface area (Å²) in [5.74, 6) is -0.443. The van der Waals surface area contributed by atoms with Gasteiger partial charge in [-0.2, -0.15) is 0 Å². The summed E-state index contributed by atoms with van der Waals surface area (Å²) >= 11 is 0. The van der Waals surface area contributed by atoms with Crippen LogP contribution in [0.15, 0.2) is 42.9 Å². The van der Waals surface area contributed by atoms with Crippen LogP contribution in [0.1, 0.15) is 46.2 Å². The van der Waals surface area contributed by atoms with Crippen LogP contribution >= 0.6 is 0 Å². The van der Waals surface area contributed by atoms with E-state index in [2.05, 4.69) is 9.97 Å². The highest BCUT2D eigenvalue weighted by molar-refractivity contribution is 6.05. The van der Waals surface area contributed by atoms with Crippen molar-refractivity contribution < 1.29 is 14.4 Å². The van der Waals surface area contributed by atoms with Crippen LogP contribution in [0, 0.1) is 5.92 Å². The quantitative estimate of drug-likeness (QED) is 0.659. The average molecular weight is 435 g/mol. The van der Waals surface area contributed by atoms with Gasteiger partial charge in [-0.25, -0.2) is 4.98 Å². The van der Waals surface area contributed by atoms with E-state index in [1.54, 1.807) is 64.1 Å². The first-order valence-electron chi connectivity index (χ1n) is 10.7. The molecule has 1 atom stereocenters. The second-order valence-electron chi connectivity index (χ2n) is 7.97. The van der Waals surface area contributed by atoms with Gasteiger partial charge in [-0.05, 0) is 43.5 Å². The zero-order valence-electron chi connectivity index (χ0n) is 18.2. The second-order valence-corrected chi connectivity index (χ2v) is 7.97. The number of fused-ring (bicyclic) bond motifs is 1. The second kappa shape index (κ2) is 8.78. The summed E-state index contributed by atoms with van der Waals surface area (Å²) in [6.07, 6.45) is 6.92. The summed E-state index contributed by atoms with van der Waals surface area (Å²) in [6, 6.07) is 6.82. The normalized spacial score (nSPS) is 16.2. The maximum atomic E-state index is 13.2. The third-order valence-corrected chi connectivity index (χ3v) is 5.91. The molecule has 9 heteroatoms. The molecule has 0 radical (unpaired) electrons. The highest BCUT2D eigenvalue weighted by Gasteiger charge is 2.28. The fraction of sp³-hybridized carbons (Fsp3) is 0.348. The van der Waals surface area contributed by atoms with Gasteiger partial charge in [-0.15, -0.1) is 0 Å². The smallest absolute Gasteiger partial charge is 0.259 e. The molecule has 3 amide bonds. The fourth-order valence-electron chi connectivity index (χ4n) is 4.16. The van der Waals surface area contributed by atoms with E-state index in [1.165, 1.54) is 0 Å². The molecule has 3 aromatic heterocycles. The Bertz CT molecular complexity index is 1170. The van der Waals surface area contributed by atoms with E-state index < -0.39 is 0 Å². The summed E-state index contributed by atoms with van der Waals surface area (Å²) in [7, 11) is 1.70. The van der Waals surface area contributed by atoms with E-state index in [1.807, 2.05) is 6.92 Å². The Morgan fingerprint density at radius 3 is 2.59 bits per heavy atom. The van der Waals surface area contributed by atoms with Crippen LogP contribution in [0.5, 0.6) is 0 Å². The number of likely N-dealkylation sites (tertiary alicyclic amines) is 1. The number of aryl methyl sites for hydroxylation is 1. The van der Waals surface area contributed by atoms with Gasteiger partial charge in [0.1, 0.15) is 11.5 Å². The Morgan fingerprint density at radius 1 is 1.16 bits per heavy atom. The number of piperidine rings is 1. The van der Waals surface area contributed by atoms with E-state index in [0.717, 1.165) is 12.1 Å². The maximum Gasteiger partial charge on any atom is 0.259 e. The number of nitrogens with two attached hydrogens (primary N) is 1. The van der Waals surface area contributed by atoms with Gasteiger partial charge < -0.3 is 10.6 Å². The molecule has 166 valence electrons. The molecule has 3 aromatic rings. The first kappa shape index (κ1) is 21.5. The third kappa shape index (κ3) is 3.93. The Hall–Kier alpha value is -3.75. The number of carbonyl (C=O) groups excluding carboxylic acids is 3. The molecular weight excluding hydrogens is 408 g/mol. The number of carbonyl (C=O) groups is 3. The SMILES string of the molecule is CCc1nc2ccc(C(=O)N3CCCC(C(N)=O)C3)cn2c1N(C)C(=O)c1ccncc1. The topological polar surface area (TPSA) is 114 Å². The molecule has 9 nitrogen and oxygen atoms in total. The number of primary amides is 1. The lowest BCUT2D eigenvalue weighted by Crippen LogP contribution is -2.44. The lowest BCUT2D eigenvalue weighted by Gasteiger charge is -2.31. The van der Waals surface area contributed by atoms with Crippen molar-refractivity contribution in [3.8, 4) is 0 Å². The molecule has 32 heavy (non-hydrogen) atoms. The van der Waals surface area contributed by atoms with Crippen LogP contribution in [-0.4, -0.2) is 57.1 Å². The molecule has 4 heterocycles. The number of aromatic nitrogens is 3. The summed E-state index contributed by atoms with van der Waals surface area (Å²) in [6.45, 7) is 2.88. The summed E-state index contributed by atoms with van der Waals surface area (Å²) in [5, 5.41) is 0. The largest absolute Gasteiger partial charge is 0.369 e. The molecule has 4 rings (SSSR count). The van der Waals surface area contributed by atoms with Crippen LogP contribution in [0.4, 0.5) is 5.82 Å². The van der Waals surface area contributed by atoms with Gasteiger partial charge >= 0.3 is 0 Å². The van der Waals surface area contributed by atoms with E-state index >= 15 is 0 Å². The van der Waals surface area contributed by atoms with E-state index in [4.69, 9.17) is 5.73 Å². The molecule has 1 unspecified atom stereocenters. The Kier molecular flexibility index (Phi) is 5.89. The number of hydrogen-bond acceptors (Lipinski definition) is 5. The molecule has 0 bridgehead atoms. The lowest BCUT2D eigenvalue weighted by molar-refractivity contribution is -0.123. The zero-order valence-corrected chi connectivity index (χ0v) is 18.2. The Labute approximate surface area is 185 Å². The van der Waals surface area contributed by atoms with Crippen molar-refractivity contribution >= 4 is 29.2 Å². The van der Waals surface area contributed by atoms with Crippen molar-refractivity contribution in [1.82, 2.24) is 19.3 Å². The average Bonchev–Trinajstić information content (AvgIpc) is 3.21. The van der Waals surface area contributed by atoms with E-state index in [9.17, 15) is 14.4 Å². The number of imidazole rings is 1. The monoisotopic (exact) mass is 434 g/mol. The van der Waals surface area contributed by atoms with E-state index in [-0.39, 0.29) is 23.6 Å². The summed E-state index contributed by atoms with van der Waals surface area (Å²) < 4.78 is 1.78. The highest BCUT2D eigenvalue weighted by atomic mass is 16.2. The van der Waals surface area contributed by atoms with Crippen LogP contribution in [0.3, 0.4) is 0 Å². The van der Waals surface area contributed by atoms with E-state index in [0.29, 0.717) is 48.5 Å². The van der Waals surface area contributed by atoms with Crippen molar-refractivity contribution in [3.05, 3.63) is 59.7 Å². The molecule has 1 aliphatic heterocycles. The number of rotatable bonds is 5. The van der Waals surface area contributed by atoms with Gasteiger partial charge in [-0.3, -0.25) is 28.7 Å². The van der Waals surface area contributed by atoms with Crippen LogP contribution in [0.2, 0.25) is 0 Å². The molecule has 1 fully saturated rings. The van der Waals surface area contributed by atoms with Crippen LogP contribution in [-0.2, 0) is 11.2 Å². The minimum absolute atomic E-state index is 0.168. The first-order valence-corrected chi connectivity index (χ1v) is 10.7. The van der Waals surface area contributed by atoms with Crippen molar-refractivity contribution in [2.24, 2.45) is 11.7 Å². The van der Waals surface area contributed by atoms with Crippen LogP contribution in [0.25, 0.3) is 5.65 Å². The molecule has 0 spiro atoms. The highest BCUT2D eigenvalue weighted by Crippen LogP contribution is 2.25. The van der Waals surface area contributed by atoms with Gasteiger partial charge in [0.25, 0.3) is 11.8 Å². The standard InChI is InChI=1S/C23H26N6O3/c1-3-18-21(27(2)22(31)15-8-10-25-11-9-15)29-14-17(6-7-19(29)26-18)23(32)28-12-4-5-16(13-28)20(24)30/h6-11,14,16H,3-5,12-13H2,1-2H3,(H2,24,30). The van der Waals surface area contributed by atoms with Gasteiger partial charge in [0.15, 0.2) is 0 Å². The summed E-state index contributed by atoms with van der Waals surface area (Å²) in [5.41, 5.74) is 7.84. The molecule has 1 saturated heterocycles.